The molecule has 0 aliphatic carbocycles. The highest BCUT2D eigenvalue weighted by atomic mass is 32.2. The van der Waals surface area contributed by atoms with Crippen molar-refractivity contribution in [1.82, 2.24) is 14.4 Å². The second kappa shape index (κ2) is 6.56. The monoisotopic (exact) mass is 391 g/mol. The number of hydrogen-bond donors (Lipinski definition) is 0. The third-order valence-corrected chi connectivity index (χ3v) is 6.10. The minimum Gasteiger partial charge on any atom is -0.283 e. The lowest BCUT2D eigenvalue weighted by Crippen LogP contribution is -1.97. The highest BCUT2D eigenvalue weighted by molar-refractivity contribution is 7.90. The van der Waals surface area contributed by atoms with E-state index in [1.54, 1.807) is 12.1 Å². The van der Waals surface area contributed by atoms with E-state index in [1.807, 2.05) is 35.7 Å². The molecular formula is C22H21N3O2S. The average molecular weight is 391 g/mol. The van der Waals surface area contributed by atoms with Crippen molar-refractivity contribution in [2.75, 3.05) is 6.26 Å². The Morgan fingerprint density at radius 2 is 1.50 bits per heavy atom. The van der Waals surface area contributed by atoms with Gasteiger partial charge in [-0.25, -0.2) is 18.4 Å². The van der Waals surface area contributed by atoms with Crippen LogP contribution in [0.15, 0.2) is 59.6 Å². The second-order valence-corrected chi connectivity index (χ2v) is 9.16. The molecule has 0 spiro atoms. The van der Waals surface area contributed by atoms with Crippen molar-refractivity contribution in [2.45, 2.75) is 25.7 Å². The molecule has 5 nitrogen and oxygen atoms in total. The van der Waals surface area contributed by atoms with Gasteiger partial charge in [0.15, 0.2) is 9.84 Å². The molecule has 0 aliphatic rings. The Labute approximate surface area is 164 Å². The van der Waals surface area contributed by atoms with Crippen LogP contribution in [-0.4, -0.2) is 29.0 Å². The van der Waals surface area contributed by atoms with E-state index in [-0.39, 0.29) is 0 Å². The molecule has 4 aromatic rings. The van der Waals surface area contributed by atoms with Gasteiger partial charge in [0.1, 0.15) is 0 Å². The zero-order valence-electron chi connectivity index (χ0n) is 16.3. The molecule has 0 saturated heterocycles. The minimum absolute atomic E-state index is 0.298. The lowest BCUT2D eigenvalue weighted by molar-refractivity contribution is 0.602. The predicted molar refractivity (Wildman–Crippen MR) is 111 cm³/mol. The molecule has 0 bridgehead atoms. The third kappa shape index (κ3) is 3.20. The van der Waals surface area contributed by atoms with Gasteiger partial charge in [0.2, 0.25) is 5.78 Å². The normalized spacial score (nSPS) is 11.9. The summed E-state index contributed by atoms with van der Waals surface area (Å²) < 4.78 is 25.6. The molecular weight excluding hydrogens is 370 g/mol. The van der Waals surface area contributed by atoms with Crippen molar-refractivity contribution in [1.29, 1.82) is 0 Å². The Morgan fingerprint density at radius 1 is 0.821 bits per heavy atom. The van der Waals surface area contributed by atoms with Crippen LogP contribution in [0.4, 0.5) is 0 Å². The zero-order valence-corrected chi connectivity index (χ0v) is 17.1. The third-order valence-electron chi connectivity index (χ3n) is 4.97. The molecule has 0 amide bonds. The summed E-state index contributed by atoms with van der Waals surface area (Å²) in [5.41, 5.74) is 6.92. The molecule has 2 aromatic carbocycles. The molecule has 0 unspecified atom stereocenters. The van der Waals surface area contributed by atoms with Gasteiger partial charge in [-0.1, -0.05) is 24.3 Å². The summed E-state index contributed by atoms with van der Waals surface area (Å²) in [6.07, 6.45) is 3.17. The Morgan fingerprint density at radius 3 is 2.14 bits per heavy atom. The standard InChI is InChI=1S/C22H21N3O2S/c1-14-5-6-18(13-15(14)2)20-21(25-12-11-16(3)23-22(25)24-20)17-7-9-19(10-8-17)28(4,26)27/h5-13H,1-4H3. The Balaban J connectivity index is 1.99. The first-order valence-electron chi connectivity index (χ1n) is 8.98. The fourth-order valence-corrected chi connectivity index (χ4v) is 3.87. The topological polar surface area (TPSA) is 64.3 Å². The summed E-state index contributed by atoms with van der Waals surface area (Å²) in [6, 6.07) is 15.1. The molecule has 0 saturated carbocycles. The molecule has 0 atom stereocenters. The first-order chi connectivity index (χ1) is 13.2. The maximum absolute atomic E-state index is 11.8. The summed E-state index contributed by atoms with van der Waals surface area (Å²) in [6.45, 7) is 6.10. The van der Waals surface area contributed by atoms with Crippen molar-refractivity contribution >= 4 is 15.6 Å². The van der Waals surface area contributed by atoms with Crippen LogP contribution in [0.5, 0.6) is 0 Å². The van der Waals surface area contributed by atoms with Crippen LogP contribution in [-0.2, 0) is 9.84 Å². The fraction of sp³-hybridized carbons (Fsp3) is 0.182. The van der Waals surface area contributed by atoms with Crippen LogP contribution in [0, 0.1) is 20.8 Å². The molecule has 4 rings (SSSR count). The van der Waals surface area contributed by atoms with Gasteiger partial charge < -0.3 is 0 Å². The smallest absolute Gasteiger partial charge is 0.235 e. The molecule has 142 valence electrons. The highest BCUT2D eigenvalue weighted by Crippen LogP contribution is 2.33. The first kappa shape index (κ1) is 18.4. The van der Waals surface area contributed by atoms with Crippen molar-refractivity contribution < 1.29 is 8.42 Å². The van der Waals surface area contributed by atoms with E-state index >= 15 is 0 Å². The number of fused-ring (bicyclic) bond motifs is 1. The molecule has 28 heavy (non-hydrogen) atoms. The number of aromatic nitrogens is 3. The van der Waals surface area contributed by atoms with E-state index in [0.29, 0.717) is 10.7 Å². The number of imidazole rings is 1. The summed E-state index contributed by atoms with van der Waals surface area (Å²) in [5, 5.41) is 0. The van der Waals surface area contributed by atoms with Gasteiger partial charge in [-0.3, -0.25) is 4.40 Å². The summed E-state index contributed by atoms with van der Waals surface area (Å²) >= 11 is 0. The van der Waals surface area contributed by atoms with Gasteiger partial charge in [0.25, 0.3) is 0 Å². The van der Waals surface area contributed by atoms with E-state index in [0.717, 1.165) is 28.2 Å². The van der Waals surface area contributed by atoms with Gasteiger partial charge in [-0.15, -0.1) is 0 Å². The number of sulfone groups is 1. The zero-order chi connectivity index (χ0) is 20.1. The Kier molecular flexibility index (Phi) is 4.31. The summed E-state index contributed by atoms with van der Waals surface area (Å²) in [7, 11) is -3.24. The van der Waals surface area contributed by atoms with Gasteiger partial charge >= 0.3 is 0 Å². The van der Waals surface area contributed by atoms with Crippen molar-refractivity contribution in [3.8, 4) is 22.5 Å². The van der Waals surface area contributed by atoms with Crippen LogP contribution in [0.3, 0.4) is 0 Å². The Bertz CT molecular complexity index is 1300. The lowest BCUT2D eigenvalue weighted by atomic mass is 10.0. The molecule has 2 heterocycles. The van der Waals surface area contributed by atoms with Gasteiger partial charge in [0.05, 0.1) is 16.3 Å². The highest BCUT2D eigenvalue weighted by Gasteiger charge is 2.18. The number of benzene rings is 2. The van der Waals surface area contributed by atoms with Crippen LogP contribution < -0.4 is 0 Å². The lowest BCUT2D eigenvalue weighted by Gasteiger charge is -2.08. The van der Waals surface area contributed by atoms with Crippen LogP contribution in [0.1, 0.15) is 16.8 Å². The van der Waals surface area contributed by atoms with E-state index in [4.69, 9.17) is 4.98 Å². The number of rotatable bonds is 3. The van der Waals surface area contributed by atoms with Gasteiger partial charge in [-0.2, -0.15) is 0 Å². The van der Waals surface area contributed by atoms with E-state index in [2.05, 4.69) is 37.0 Å². The average Bonchev–Trinajstić information content (AvgIpc) is 3.01. The summed E-state index contributed by atoms with van der Waals surface area (Å²) in [5.74, 6) is 0.621. The van der Waals surface area contributed by atoms with E-state index in [1.165, 1.54) is 17.4 Å². The van der Waals surface area contributed by atoms with Gasteiger partial charge in [0, 0.05) is 29.3 Å². The number of hydrogen-bond acceptors (Lipinski definition) is 4. The quantitative estimate of drug-likeness (QED) is 0.519. The number of aryl methyl sites for hydroxylation is 3. The largest absolute Gasteiger partial charge is 0.283 e. The molecule has 0 fully saturated rings. The minimum atomic E-state index is -3.24. The van der Waals surface area contributed by atoms with Crippen LogP contribution in [0.25, 0.3) is 28.3 Å². The van der Waals surface area contributed by atoms with E-state index in [9.17, 15) is 8.42 Å². The van der Waals surface area contributed by atoms with Gasteiger partial charge in [-0.05, 0) is 56.2 Å². The van der Waals surface area contributed by atoms with Crippen LogP contribution in [0.2, 0.25) is 0 Å². The van der Waals surface area contributed by atoms with E-state index < -0.39 is 9.84 Å². The second-order valence-electron chi connectivity index (χ2n) is 7.14. The maximum atomic E-state index is 11.8. The number of nitrogens with zero attached hydrogens (tertiary/aromatic N) is 3. The first-order valence-corrected chi connectivity index (χ1v) is 10.9. The van der Waals surface area contributed by atoms with Crippen molar-refractivity contribution in [3.05, 3.63) is 71.5 Å². The predicted octanol–water partition coefficient (Wildman–Crippen LogP) is 4.39. The molecule has 2 aromatic heterocycles. The van der Waals surface area contributed by atoms with Crippen molar-refractivity contribution in [3.63, 3.8) is 0 Å². The molecule has 0 N–H and O–H groups in total. The summed E-state index contributed by atoms with van der Waals surface area (Å²) in [4.78, 5) is 9.65. The van der Waals surface area contributed by atoms with Crippen molar-refractivity contribution in [2.24, 2.45) is 0 Å². The Hall–Kier alpha value is -2.99. The maximum Gasteiger partial charge on any atom is 0.235 e. The molecule has 0 aliphatic heterocycles. The fourth-order valence-electron chi connectivity index (χ4n) is 3.24. The molecule has 6 heteroatoms. The van der Waals surface area contributed by atoms with Crippen LogP contribution >= 0.6 is 0 Å². The molecule has 0 radical (unpaired) electrons. The SMILES string of the molecule is Cc1ccn2c(-c3ccc(S(C)(=O)=O)cc3)c(-c3ccc(C)c(C)c3)nc2n1.